The summed E-state index contributed by atoms with van der Waals surface area (Å²) < 4.78 is 11.7. The fourth-order valence-corrected chi connectivity index (χ4v) is 4.53. The third kappa shape index (κ3) is 3.60. The summed E-state index contributed by atoms with van der Waals surface area (Å²) in [4.78, 5) is 28.0. The molecule has 1 aromatic heterocycles. The van der Waals surface area contributed by atoms with Gasteiger partial charge in [0.15, 0.2) is 5.76 Å². The van der Waals surface area contributed by atoms with E-state index < -0.39 is 6.09 Å². The number of rotatable bonds is 4. The second-order valence-electron chi connectivity index (χ2n) is 8.13. The van der Waals surface area contributed by atoms with Crippen LogP contribution in [0.5, 0.6) is 11.5 Å². The highest BCUT2D eigenvalue weighted by Crippen LogP contribution is 2.44. The molecule has 9 nitrogen and oxygen atoms in total. The summed E-state index contributed by atoms with van der Waals surface area (Å²) in [6.07, 6.45) is 0.753. The number of amides is 1. The number of aromatic amines is 1. The molecule has 0 aliphatic carbocycles. The Hall–Kier alpha value is -3.85. The van der Waals surface area contributed by atoms with E-state index in [9.17, 15) is 14.7 Å². The molecule has 1 atom stereocenters. The Balaban J connectivity index is 1.48. The number of allylic oxidation sites excluding steroid dienone is 1. The molecule has 0 bridgehead atoms. The lowest BCUT2D eigenvalue weighted by molar-refractivity contribution is 0.0877. The number of carboxylic acid groups (broad SMARTS) is 1. The second-order valence-corrected chi connectivity index (χ2v) is 8.13. The number of ketones is 1. The molecule has 9 heteroatoms. The Morgan fingerprint density at radius 2 is 1.97 bits per heavy atom. The van der Waals surface area contributed by atoms with E-state index >= 15 is 0 Å². The molecule has 0 saturated carbocycles. The Labute approximate surface area is 190 Å². The van der Waals surface area contributed by atoms with Crippen molar-refractivity contribution in [2.24, 2.45) is 0 Å². The fourth-order valence-electron chi connectivity index (χ4n) is 4.53. The molecule has 1 amide bonds. The van der Waals surface area contributed by atoms with Gasteiger partial charge in [0.05, 0.1) is 29.4 Å². The molecule has 1 unspecified atom stereocenters. The van der Waals surface area contributed by atoms with E-state index in [2.05, 4.69) is 15.1 Å². The third-order valence-electron chi connectivity index (χ3n) is 6.37. The van der Waals surface area contributed by atoms with Gasteiger partial charge in [-0.2, -0.15) is 5.10 Å². The Kier molecular flexibility index (Phi) is 5.26. The lowest BCUT2D eigenvalue weighted by Gasteiger charge is -2.37. The number of hydrogen-bond acceptors (Lipinski definition) is 6. The van der Waals surface area contributed by atoms with Crippen LogP contribution < -0.4 is 9.47 Å². The second kappa shape index (κ2) is 8.25. The molecule has 1 fully saturated rings. The van der Waals surface area contributed by atoms with Gasteiger partial charge >= 0.3 is 6.09 Å². The minimum Gasteiger partial charge on any atom is -0.496 e. The van der Waals surface area contributed by atoms with Gasteiger partial charge in [-0.1, -0.05) is 18.2 Å². The first-order chi connectivity index (χ1) is 16.0. The number of para-hydroxylation sites is 1. The molecule has 3 heterocycles. The van der Waals surface area contributed by atoms with Crippen molar-refractivity contribution in [2.45, 2.75) is 13.0 Å². The van der Waals surface area contributed by atoms with Gasteiger partial charge in [-0.15, -0.1) is 0 Å². The SMILES string of the molecule is COc1ccc2c(c1C(C)N1CCN(C(=O)O)CC1)O/C(=C\c1n[nH]c3ccccc13)C2=O. The minimum atomic E-state index is -0.907. The van der Waals surface area contributed by atoms with E-state index in [-0.39, 0.29) is 17.6 Å². The lowest BCUT2D eigenvalue weighted by Crippen LogP contribution is -2.48. The van der Waals surface area contributed by atoms with Gasteiger partial charge in [-0.3, -0.25) is 14.8 Å². The molecule has 3 aromatic rings. The van der Waals surface area contributed by atoms with E-state index in [0.29, 0.717) is 48.9 Å². The van der Waals surface area contributed by atoms with Crippen molar-refractivity contribution < 1.29 is 24.2 Å². The molecule has 2 N–H and O–H groups in total. The van der Waals surface area contributed by atoms with Gasteiger partial charge in [0.25, 0.3) is 0 Å². The quantitative estimate of drug-likeness (QED) is 0.588. The summed E-state index contributed by atoms with van der Waals surface area (Å²) in [5, 5.41) is 17.4. The number of methoxy groups -OCH3 is 1. The maximum absolute atomic E-state index is 13.2. The van der Waals surface area contributed by atoms with E-state index in [1.807, 2.05) is 31.2 Å². The van der Waals surface area contributed by atoms with Gasteiger partial charge in [0.1, 0.15) is 11.5 Å². The number of H-pyrrole nitrogens is 1. The third-order valence-corrected chi connectivity index (χ3v) is 6.37. The molecule has 33 heavy (non-hydrogen) atoms. The van der Waals surface area contributed by atoms with Crippen LogP contribution in [0.1, 0.15) is 34.6 Å². The zero-order valence-electron chi connectivity index (χ0n) is 18.4. The van der Waals surface area contributed by atoms with Crippen LogP contribution in [0.4, 0.5) is 4.79 Å². The van der Waals surface area contributed by atoms with E-state index in [1.165, 1.54) is 4.90 Å². The van der Waals surface area contributed by atoms with Gasteiger partial charge in [0.2, 0.25) is 5.78 Å². The molecule has 1 saturated heterocycles. The summed E-state index contributed by atoms with van der Waals surface area (Å²) in [5.74, 6) is 1.11. The summed E-state index contributed by atoms with van der Waals surface area (Å²) in [6.45, 7) is 4.03. The number of hydrogen-bond donors (Lipinski definition) is 2. The summed E-state index contributed by atoms with van der Waals surface area (Å²) in [6, 6.07) is 11.1. The van der Waals surface area contributed by atoms with Crippen LogP contribution in [0.25, 0.3) is 17.0 Å². The Bertz CT molecular complexity index is 1270. The number of ether oxygens (including phenoxy) is 2. The number of Topliss-reactive ketones (excluding diaryl/α,β-unsaturated/α-hetero) is 1. The molecular formula is C24H24N4O5. The summed E-state index contributed by atoms with van der Waals surface area (Å²) in [7, 11) is 1.59. The first-order valence-corrected chi connectivity index (χ1v) is 10.8. The first kappa shape index (κ1) is 21.0. The van der Waals surface area contributed by atoms with Crippen LogP contribution in [0, 0.1) is 0 Å². The smallest absolute Gasteiger partial charge is 0.407 e. The van der Waals surface area contributed by atoms with Gasteiger partial charge in [0, 0.05) is 43.7 Å². The summed E-state index contributed by atoms with van der Waals surface area (Å²) >= 11 is 0. The standard InChI is InChI=1S/C24H24N4O5/c1-14(27-9-11-28(12-10-27)24(30)31)21-19(32-2)8-7-16-22(29)20(33-23(16)21)13-18-15-5-3-4-6-17(15)25-26-18/h3-8,13-14H,9-12H2,1-2H3,(H,25,26)(H,30,31)/b20-13-. The van der Waals surface area contributed by atoms with Crippen LogP contribution in [0.15, 0.2) is 42.2 Å². The van der Waals surface area contributed by atoms with Gasteiger partial charge in [-0.25, -0.2) is 4.79 Å². The molecular weight excluding hydrogens is 424 g/mol. The molecule has 2 aliphatic rings. The number of carbonyl (C=O) groups is 2. The zero-order valence-corrected chi connectivity index (χ0v) is 18.4. The van der Waals surface area contributed by atoms with E-state index in [0.717, 1.165) is 16.5 Å². The first-order valence-electron chi connectivity index (χ1n) is 10.8. The topological polar surface area (TPSA) is 108 Å². The van der Waals surface area contributed by atoms with Crippen molar-refractivity contribution in [3.8, 4) is 11.5 Å². The number of piperazine rings is 1. The van der Waals surface area contributed by atoms with Crippen molar-refractivity contribution in [1.82, 2.24) is 20.0 Å². The van der Waals surface area contributed by atoms with Crippen molar-refractivity contribution in [3.63, 3.8) is 0 Å². The highest BCUT2D eigenvalue weighted by molar-refractivity contribution is 6.15. The molecule has 2 aliphatic heterocycles. The lowest BCUT2D eigenvalue weighted by atomic mass is 9.99. The number of nitrogens with zero attached hydrogens (tertiary/aromatic N) is 3. The van der Waals surface area contributed by atoms with Crippen molar-refractivity contribution in [3.05, 3.63) is 59.0 Å². The number of nitrogens with one attached hydrogen (secondary N) is 1. The summed E-state index contributed by atoms with van der Waals surface area (Å²) in [5.41, 5.74) is 2.77. The van der Waals surface area contributed by atoms with Gasteiger partial charge in [-0.05, 0) is 25.1 Å². The highest BCUT2D eigenvalue weighted by atomic mass is 16.5. The minimum absolute atomic E-state index is 0.135. The van der Waals surface area contributed by atoms with Gasteiger partial charge < -0.3 is 19.5 Å². The maximum atomic E-state index is 13.2. The predicted octanol–water partition coefficient (Wildman–Crippen LogP) is 3.54. The fraction of sp³-hybridized carbons (Fsp3) is 0.292. The normalized spacial score (nSPS) is 18.4. The monoisotopic (exact) mass is 448 g/mol. The van der Waals surface area contributed by atoms with Crippen molar-refractivity contribution >= 4 is 28.9 Å². The average Bonchev–Trinajstić information content (AvgIpc) is 3.39. The number of carbonyl (C=O) groups excluding carboxylic acids is 1. The average molecular weight is 448 g/mol. The van der Waals surface area contributed by atoms with Crippen molar-refractivity contribution in [2.75, 3.05) is 33.3 Å². The van der Waals surface area contributed by atoms with Crippen LogP contribution in [0.2, 0.25) is 0 Å². The van der Waals surface area contributed by atoms with E-state index in [4.69, 9.17) is 9.47 Å². The van der Waals surface area contributed by atoms with Crippen LogP contribution in [-0.2, 0) is 0 Å². The highest BCUT2D eigenvalue weighted by Gasteiger charge is 2.35. The van der Waals surface area contributed by atoms with Crippen molar-refractivity contribution in [1.29, 1.82) is 0 Å². The number of fused-ring (bicyclic) bond motifs is 2. The van der Waals surface area contributed by atoms with E-state index in [1.54, 1.807) is 25.3 Å². The Morgan fingerprint density at radius 1 is 1.21 bits per heavy atom. The van der Waals surface area contributed by atoms with Crippen LogP contribution >= 0.6 is 0 Å². The molecule has 170 valence electrons. The van der Waals surface area contributed by atoms with Crippen LogP contribution in [0.3, 0.4) is 0 Å². The maximum Gasteiger partial charge on any atom is 0.407 e. The van der Waals surface area contributed by atoms with Crippen LogP contribution in [-0.4, -0.2) is 70.3 Å². The predicted molar refractivity (Wildman–Crippen MR) is 122 cm³/mol. The number of benzene rings is 2. The molecule has 2 aromatic carbocycles. The number of aromatic nitrogens is 2. The largest absolute Gasteiger partial charge is 0.496 e. The zero-order chi connectivity index (χ0) is 23.1. The molecule has 5 rings (SSSR count). The molecule has 0 radical (unpaired) electrons. The Morgan fingerprint density at radius 3 is 2.70 bits per heavy atom. The molecule has 0 spiro atoms.